The number of fused-ring (bicyclic) bond motifs is 1. The number of rotatable bonds is 6. The zero-order chi connectivity index (χ0) is 20.4. The average Bonchev–Trinajstić information content (AvgIpc) is 3.28. The van der Waals surface area contributed by atoms with Crippen LogP contribution in [0.2, 0.25) is 5.02 Å². The van der Waals surface area contributed by atoms with Crippen LogP contribution in [0, 0.1) is 12.7 Å². The molecule has 0 aliphatic carbocycles. The summed E-state index contributed by atoms with van der Waals surface area (Å²) in [5.74, 6) is -0.778. The van der Waals surface area contributed by atoms with E-state index in [0.717, 1.165) is 21.6 Å². The maximum Gasteiger partial charge on any atom is 0.348 e. The molecule has 0 N–H and O–H groups in total. The number of benzene rings is 2. The number of aryl methyl sites for hydroxylation is 1. The van der Waals surface area contributed by atoms with Crippen LogP contribution in [0.3, 0.4) is 0 Å². The summed E-state index contributed by atoms with van der Waals surface area (Å²) in [5.41, 5.74) is 1.67. The monoisotopic (exact) mass is 430 g/mol. The Morgan fingerprint density at radius 2 is 1.93 bits per heavy atom. The molecule has 29 heavy (non-hydrogen) atoms. The van der Waals surface area contributed by atoms with E-state index in [9.17, 15) is 9.18 Å². The maximum absolute atomic E-state index is 13.5. The molecule has 0 saturated carbocycles. The molecule has 4 rings (SSSR count). The van der Waals surface area contributed by atoms with Crippen molar-refractivity contribution in [2.24, 2.45) is 0 Å². The Labute approximate surface area is 175 Å². The minimum atomic E-state index is -0.453. The second kappa shape index (κ2) is 8.23. The van der Waals surface area contributed by atoms with Crippen molar-refractivity contribution in [1.82, 2.24) is 9.78 Å². The van der Waals surface area contributed by atoms with Crippen LogP contribution in [-0.4, -0.2) is 29.0 Å². The second-order valence-electron chi connectivity index (χ2n) is 6.22. The third-order valence-corrected chi connectivity index (χ3v) is 5.57. The van der Waals surface area contributed by atoms with Crippen LogP contribution in [-0.2, 0) is 4.74 Å². The first-order valence-electron chi connectivity index (χ1n) is 8.82. The Balaban J connectivity index is 1.45. The zero-order valence-corrected chi connectivity index (χ0v) is 17.0. The molecule has 0 atom stereocenters. The topological polar surface area (TPSA) is 53.4 Å². The minimum Gasteiger partial charge on any atom is -0.487 e. The van der Waals surface area contributed by atoms with Crippen molar-refractivity contribution >= 4 is 39.1 Å². The molecule has 2 aromatic carbocycles. The SMILES string of the molecule is Cc1nn(-c2ccc(Cl)cc2)c2sc(C(=O)OCCOc3ccccc3F)cc12. The third kappa shape index (κ3) is 4.11. The van der Waals surface area contributed by atoms with Crippen molar-refractivity contribution < 1.29 is 18.7 Å². The minimum absolute atomic E-state index is 0.0176. The van der Waals surface area contributed by atoms with Crippen molar-refractivity contribution in [2.45, 2.75) is 6.92 Å². The highest BCUT2D eigenvalue weighted by Crippen LogP contribution is 2.31. The lowest BCUT2D eigenvalue weighted by Gasteiger charge is -2.07. The number of carbonyl (C=O) groups is 1. The van der Waals surface area contributed by atoms with Gasteiger partial charge < -0.3 is 9.47 Å². The van der Waals surface area contributed by atoms with Gasteiger partial charge in [0, 0.05) is 10.4 Å². The lowest BCUT2D eigenvalue weighted by Crippen LogP contribution is -2.12. The van der Waals surface area contributed by atoms with Gasteiger partial charge in [0.1, 0.15) is 22.9 Å². The Kier molecular flexibility index (Phi) is 5.51. The van der Waals surface area contributed by atoms with Gasteiger partial charge in [0.05, 0.1) is 11.4 Å². The lowest BCUT2D eigenvalue weighted by molar-refractivity contribution is 0.0454. The molecule has 8 heteroatoms. The third-order valence-electron chi connectivity index (χ3n) is 4.23. The fourth-order valence-electron chi connectivity index (χ4n) is 2.82. The highest BCUT2D eigenvalue weighted by atomic mass is 35.5. The predicted molar refractivity (Wildman–Crippen MR) is 111 cm³/mol. The number of thiophene rings is 1. The molecule has 4 aromatic rings. The molecule has 0 bridgehead atoms. The number of para-hydroxylation sites is 1. The number of carbonyl (C=O) groups excluding carboxylic acids is 1. The van der Waals surface area contributed by atoms with Crippen molar-refractivity contribution in [3.8, 4) is 11.4 Å². The number of aromatic nitrogens is 2. The van der Waals surface area contributed by atoms with E-state index >= 15 is 0 Å². The van der Waals surface area contributed by atoms with Gasteiger partial charge in [-0.05, 0) is 49.4 Å². The van der Waals surface area contributed by atoms with E-state index in [1.54, 1.807) is 35.0 Å². The first kappa shape index (κ1) is 19.4. The molecule has 0 saturated heterocycles. The van der Waals surface area contributed by atoms with E-state index in [4.69, 9.17) is 21.1 Å². The molecule has 148 valence electrons. The number of esters is 1. The van der Waals surface area contributed by atoms with Crippen LogP contribution in [0.5, 0.6) is 5.75 Å². The molecule has 5 nitrogen and oxygen atoms in total. The zero-order valence-electron chi connectivity index (χ0n) is 15.4. The van der Waals surface area contributed by atoms with Gasteiger partial charge in [0.25, 0.3) is 0 Å². The molecular weight excluding hydrogens is 415 g/mol. The first-order chi connectivity index (χ1) is 14.0. The van der Waals surface area contributed by atoms with E-state index < -0.39 is 11.8 Å². The Hall–Kier alpha value is -2.90. The summed E-state index contributed by atoms with van der Waals surface area (Å²) in [5, 5.41) is 6.07. The van der Waals surface area contributed by atoms with E-state index in [2.05, 4.69) is 5.10 Å². The normalized spacial score (nSPS) is 11.0. The highest BCUT2D eigenvalue weighted by Gasteiger charge is 2.18. The molecule has 0 amide bonds. The molecule has 0 spiro atoms. The van der Waals surface area contributed by atoms with E-state index in [0.29, 0.717) is 9.90 Å². The van der Waals surface area contributed by atoms with Crippen LogP contribution in [0.4, 0.5) is 4.39 Å². The summed E-state index contributed by atoms with van der Waals surface area (Å²) in [6.07, 6.45) is 0. The molecule has 2 heterocycles. The van der Waals surface area contributed by atoms with Crippen molar-refractivity contribution in [2.75, 3.05) is 13.2 Å². The maximum atomic E-state index is 13.5. The van der Waals surface area contributed by atoms with Crippen molar-refractivity contribution in [3.63, 3.8) is 0 Å². The molecule has 0 aliphatic heterocycles. The van der Waals surface area contributed by atoms with Gasteiger partial charge in [-0.3, -0.25) is 0 Å². The molecule has 0 aliphatic rings. The largest absolute Gasteiger partial charge is 0.487 e. The summed E-state index contributed by atoms with van der Waals surface area (Å²) in [6.45, 7) is 1.97. The van der Waals surface area contributed by atoms with E-state index in [-0.39, 0.29) is 19.0 Å². The summed E-state index contributed by atoms with van der Waals surface area (Å²) >= 11 is 7.26. The number of nitrogens with zero attached hydrogens (tertiary/aromatic N) is 2. The van der Waals surface area contributed by atoms with Gasteiger partial charge in [-0.1, -0.05) is 23.7 Å². The van der Waals surface area contributed by atoms with Gasteiger partial charge in [-0.25, -0.2) is 13.9 Å². The Morgan fingerprint density at radius 1 is 1.17 bits per heavy atom. The summed E-state index contributed by atoms with van der Waals surface area (Å²) in [4.78, 5) is 13.7. The van der Waals surface area contributed by atoms with Crippen LogP contribution in [0.15, 0.2) is 54.6 Å². The van der Waals surface area contributed by atoms with Crippen LogP contribution in [0.25, 0.3) is 15.9 Å². The summed E-state index contributed by atoms with van der Waals surface area (Å²) < 4.78 is 25.9. The first-order valence-corrected chi connectivity index (χ1v) is 10.0. The van der Waals surface area contributed by atoms with Crippen molar-refractivity contribution in [3.05, 3.63) is 76.0 Å². The van der Waals surface area contributed by atoms with Gasteiger partial charge in [-0.15, -0.1) is 11.3 Å². The molecular formula is C21H16ClFN2O3S. The summed E-state index contributed by atoms with van der Waals surface area (Å²) in [7, 11) is 0. The number of halogens is 2. The fraction of sp³-hybridized carbons (Fsp3) is 0.143. The van der Waals surface area contributed by atoms with Gasteiger partial charge in [-0.2, -0.15) is 5.10 Å². The Bertz CT molecular complexity index is 1170. The Morgan fingerprint density at radius 3 is 2.69 bits per heavy atom. The molecule has 2 aromatic heterocycles. The predicted octanol–water partition coefficient (Wildman–Crippen LogP) is 5.42. The van der Waals surface area contributed by atoms with E-state index in [1.165, 1.54) is 23.5 Å². The number of ether oxygens (including phenoxy) is 2. The van der Waals surface area contributed by atoms with Crippen LogP contribution < -0.4 is 4.74 Å². The standard InChI is InChI=1S/C21H16ClFN2O3S/c1-13-16-12-19(21(26)28-11-10-27-18-5-3-2-4-17(18)23)29-20(16)25(24-13)15-8-6-14(22)7-9-15/h2-9,12H,10-11H2,1H3. The van der Waals surface area contributed by atoms with Crippen LogP contribution in [0.1, 0.15) is 15.4 Å². The fourth-order valence-corrected chi connectivity index (χ4v) is 4.03. The van der Waals surface area contributed by atoms with Gasteiger partial charge in [0.2, 0.25) is 0 Å². The lowest BCUT2D eigenvalue weighted by atomic mass is 10.3. The average molecular weight is 431 g/mol. The highest BCUT2D eigenvalue weighted by molar-refractivity contribution is 7.20. The van der Waals surface area contributed by atoms with Crippen molar-refractivity contribution in [1.29, 1.82) is 0 Å². The van der Waals surface area contributed by atoms with E-state index in [1.807, 2.05) is 19.1 Å². The number of hydrogen-bond donors (Lipinski definition) is 0. The quantitative estimate of drug-likeness (QED) is 0.302. The van der Waals surface area contributed by atoms with Gasteiger partial charge >= 0.3 is 5.97 Å². The molecule has 0 radical (unpaired) electrons. The van der Waals surface area contributed by atoms with Gasteiger partial charge in [0.15, 0.2) is 11.6 Å². The second-order valence-corrected chi connectivity index (χ2v) is 7.68. The smallest absolute Gasteiger partial charge is 0.348 e. The van der Waals surface area contributed by atoms with Crippen LogP contribution >= 0.6 is 22.9 Å². The summed E-state index contributed by atoms with van der Waals surface area (Å²) in [6, 6.07) is 15.2. The number of hydrogen-bond acceptors (Lipinski definition) is 5. The molecule has 0 fully saturated rings. The molecule has 0 unspecified atom stereocenters.